The molecule has 0 bridgehead atoms. The molecule has 1 rings (SSSR count). The summed E-state index contributed by atoms with van der Waals surface area (Å²) in [6.45, 7) is 3.47. The minimum atomic E-state index is -1.79. The molecule has 0 aromatic carbocycles. The SMILES string of the molecule is CCc1ccsc1C(CC)(C(=O)O)C(=O)O. The molecule has 4 nitrogen and oxygen atoms in total. The lowest BCUT2D eigenvalue weighted by Crippen LogP contribution is -2.43. The fourth-order valence-electron chi connectivity index (χ4n) is 1.74. The van der Waals surface area contributed by atoms with E-state index in [4.69, 9.17) is 0 Å². The Morgan fingerprint density at radius 3 is 2.25 bits per heavy atom. The van der Waals surface area contributed by atoms with Gasteiger partial charge >= 0.3 is 11.9 Å². The molecule has 1 aromatic rings. The Hall–Kier alpha value is -1.36. The number of hydrogen-bond acceptors (Lipinski definition) is 3. The lowest BCUT2D eigenvalue weighted by Gasteiger charge is -2.23. The van der Waals surface area contributed by atoms with Crippen LogP contribution < -0.4 is 0 Å². The van der Waals surface area contributed by atoms with Crippen LogP contribution in [-0.4, -0.2) is 22.2 Å². The van der Waals surface area contributed by atoms with Crippen molar-refractivity contribution in [2.45, 2.75) is 32.1 Å². The van der Waals surface area contributed by atoms with Crippen LogP contribution in [0.1, 0.15) is 30.7 Å². The predicted molar refractivity (Wildman–Crippen MR) is 60.9 cm³/mol. The Kier molecular flexibility index (Phi) is 3.70. The van der Waals surface area contributed by atoms with E-state index in [1.807, 2.05) is 6.92 Å². The van der Waals surface area contributed by atoms with Crippen LogP contribution in [0.2, 0.25) is 0 Å². The molecule has 88 valence electrons. The summed E-state index contributed by atoms with van der Waals surface area (Å²) >= 11 is 1.20. The van der Waals surface area contributed by atoms with Gasteiger partial charge in [0, 0.05) is 4.88 Å². The highest BCUT2D eigenvalue weighted by Gasteiger charge is 2.48. The van der Waals surface area contributed by atoms with E-state index in [0.717, 1.165) is 5.56 Å². The van der Waals surface area contributed by atoms with Crippen LogP contribution in [-0.2, 0) is 21.4 Å². The van der Waals surface area contributed by atoms with Crippen molar-refractivity contribution in [2.24, 2.45) is 0 Å². The first-order valence-corrected chi connectivity index (χ1v) is 5.92. The first kappa shape index (κ1) is 12.7. The van der Waals surface area contributed by atoms with Crippen LogP contribution in [0.4, 0.5) is 0 Å². The minimum Gasteiger partial charge on any atom is -0.480 e. The van der Waals surface area contributed by atoms with Crippen LogP contribution in [0.5, 0.6) is 0 Å². The average Bonchev–Trinajstić information content (AvgIpc) is 2.67. The Morgan fingerprint density at radius 1 is 1.31 bits per heavy atom. The number of hydrogen-bond donors (Lipinski definition) is 2. The summed E-state index contributed by atoms with van der Waals surface area (Å²) in [5.41, 5.74) is -0.990. The van der Waals surface area contributed by atoms with Crippen LogP contribution >= 0.6 is 11.3 Å². The molecule has 5 heteroatoms. The van der Waals surface area contributed by atoms with E-state index in [9.17, 15) is 19.8 Å². The molecule has 0 radical (unpaired) electrons. The van der Waals surface area contributed by atoms with Crippen molar-refractivity contribution in [2.75, 3.05) is 0 Å². The van der Waals surface area contributed by atoms with Gasteiger partial charge in [0.2, 0.25) is 0 Å². The maximum atomic E-state index is 11.3. The van der Waals surface area contributed by atoms with Crippen molar-refractivity contribution in [3.05, 3.63) is 21.9 Å². The molecule has 0 amide bonds. The van der Waals surface area contributed by atoms with Crippen LogP contribution in [0.25, 0.3) is 0 Å². The third-order valence-corrected chi connectivity index (χ3v) is 3.89. The van der Waals surface area contributed by atoms with E-state index in [2.05, 4.69) is 0 Å². The summed E-state index contributed by atoms with van der Waals surface area (Å²) in [4.78, 5) is 23.0. The summed E-state index contributed by atoms with van der Waals surface area (Å²) in [6, 6.07) is 1.79. The van der Waals surface area contributed by atoms with Gasteiger partial charge in [0.15, 0.2) is 5.41 Å². The topological polar surface area (TPSA) is 74.6 Å². The van der Waals surface area contributed by atoms with E-state index < -0.39 is 17.4 Å². The second kappa shape index (κ2) is 4.65. The van der Waals surface area contributed by atoms with Gasteiger partial charge < -0.3 is 10.2 Å². The van der Waals surface area contributed by atoms with Gasteiger partial charge in [0.25, 0.3) is 0 Å². The number of aryl methyl sites for hydroxylation is 1. The molecule has 0 saturated heterocycles. The molecule has 0 fully saturated rings. The first-order chi connectivity index (χ1) is 7.50. The van der Waals surface area contributed by atoms with Crippen LogP contribution in [0, 0.1) is 0 Å². The van der Waals surface area contributed by atoms with E-state index in [0.29, 0.717) is 11.3 Å². The molecule has 1 heterocycles. The number of rotatable bonds is 5. The zero-order valence-electron chi connectivity index (χ0n) is 9.19. The lowest BCUT2D eigenvalue weighted by molar-refractivity contribution is -0.157. The van der Waals surface area contributed by atoms with Gasteiger partial charge in [-0.15, -0.1) is 11.3 Å². The smallest absolute Gasteiger partial charge is 0.326 e. The standard InChI is InChI=1S/C11H14O4S/c1-3-7-5-6-16-8(7)11(4-2,9(12)13)10(14)15/h5-6H,3-4H2,1-2H3,(H,12,13)(H,14,15). The normalized spacial score (nSPS) is 11.4. The molecule has 0 spiro atoms. The number of aliphatic carboxylic acids is 2. The van der Waals surface area contributed by atoms with Crippen molar-refractivity contribution in [3.8, 4) is 0 Å². The molecule has 1 aromatic heterocycles. The molecule has 0 aliphatic carbocycles. The second-order valence-electron chi connectivity index (χ2n) is 3.50. The summed E-state index contributed by atoms with van der Waals surface area (Å²) in [6.07, 6.45) is 0.687. The van der Waals surface area contributed by atoms with Crippen molar-refractivity contribution < 1.29 is 19.8 Å². The lowest BCUT2D eigenvalue weighted by atomic mass is 9.81. The highest BCUT2D eigenvalue weighted by Crippen LogP contribution is 2.35. The fraction of sp³-hybridized carbons (Fsp3) is 0.455. The van der Waals surface area contributed by atoms with Gasteiger partial charge in [-0.1, -0.05) is 13.8 Å². The number of carbonyl (C=O) groups is 2. The Morgan fingerprint density at radius 2 is 1.88 bits per heavy atom. The average molecular weight is 242 g/mol. The number of carboxylic acid groups (broad SMARTS) is 2. The summed E-state index contributed by atoms with van der Waals surface area (Å²) < 4.78 is 0. The molecule has 2 N–H and O–H groups in total. The zero-order valence-corrected chi connectivity index (χ0v) is 10.0. The zero-order chi connectivity index (χ0) is 12.3. The second-order valence-corrected chi connectivity index (χ2v) is 4.41. The van der Waals surface area contributed by atoms with Crippen molar-refractivity contribution >= 4 is 23.3 Å². The third kappa shape index (κ3) is 1.71. The molecule has 0 aliphatic heterocycles. The van der Waals surface area contributed by atoms with Crippen molar-refractivity contribution in [1.82, 2.24) is 0 Å². The molecular formula is C11H14O4S. The van der Waals surface area contributed by atoms with E-state index in [1.165, 1.54) is 11.3 Å². The van der Waals surface area contributed by atoms with E-state index in [-0.39, 0.29) is 6.42 Å². The highest BCUT2D eigenvalue weighted by molar-refractivity contribution is 7.10. The third-order valence-electron chi connectivity index (χ3n) is 2.78. The quantitative estimate of drug-likeness (QED) is 0.776. The number of carboxylic acids is 2. The monoisotopic (exact) mass is 242 g/mol. The van der Waals surface area contributed by atoms with Gasteiger partial charge in [0.05, 0.1) is 0 Å². The molecule has 0 atom stereocenters. The fourth-order valence-corrected chi connectivity index (χ4v) is 2.99. The van der Waals surface area contributed by atoms with Gasteiger partial charge in [-0.2, -0.15) is 0 Å². The van der Waals surface area contributed by atoms with Gasteiger partial charge in [0.1, 0.15) is 0 Å². The molecular weight excluding hydrogens is 228 g/mol. The van der Waals surface area contributed by atoms with Crippen LogP contribution in [0.15, 0.2) is 11.4 Å². The highest BCUT2D eigenvalue weighted by atomic mass is 32.1. The first-order valence-electron chi connectivity index (χ1n) is 5.04. The maximum Gasteiger partial charge on any atom is 0.326 e. The molecule has 0 saturated carbocycles. The number of thiophene rings is 1. The Bertz CT molecular complexity index is 394. The van der Waals surface area contributed by atoms with Gasteiger partial charge in [-0.05, 0) is 29.9 Å². The minimum absolute atomic E-state index is 0.0468. The molecule has 0 unspecified atom stereocenters. The van der Waals surface area contributed by atoms with Crippen molar-refractivity contribution in [3.63, 3.8) is 0 Å². The van der Waals surface area contributed by atoms with Crippen molar-refractivity contribution in [1.29, 1.82) is 0 Å². The summed E-state index contributed by atoms with van der Waals surface area (Å²) in [5.74, 6) is -2.58. The summed E-state index contributed by atoms with van der Waals surface area (Å²) in [5, 5.41) is 20.2. The van der Waals surface area contributed by atoms with Crippen LogP contribution in [0.3, 0.4) is 0 Å². The van der Waals surface area contributed by atoms with Gasteiger partial charge in [-0.25, -0.2) is 0 Å². The van der Waals surface area contributed by atoms with Gasteiger partial charge in [-0.3, -0.25) is 9.59 Å². The maximum absolute atomic E-state index is 11.3. The van der Waals surface area contributed by atoms with E-state index in [1.54, 1.807) is 18.4 Å². The predicted octanol–water partition coefficient (Wildman–Crippen LogP) is 2.13. The Labute approximate surface area is 97.5 Å². The largest absolute Gasteiger partial charge is 0.480 e. The molecule has 0 aliphatic rings. The Balaban J connectivity index is 3.42. The van der Waals surface area contributed by atoms with E-state index >= 15 is 0 Å². The molecule has 16 heavy (non-hydrogen) atoms. The summed E-state index contributed by atoms with van der Waals surface area (Å²) in [7, 11) is 0.